The average molecular weight is 426 g/mol. The number of hydrogen-bond donors (Lipinski definition) is 2. The van der Waals surface area contributed by atoms with Crippen molar-refractivity contribution in [3.8, 4) is 5.75 Å². The molecule has 0 fully saturated rings. The number of hydrogen-bond acceptors (Lipinski definition) is 3. The van der Waals surface area contributed by atoms with Crippen LogP contribution in [0.3, 0.4) is 0 Å². The maximum absolute atomic E-state index is 5.58. The second-order valence-corrected chi connectivity index (χ2v) is 4.82. The standard InChI is InChI=1S/C17H22N4O.HI/c1-14-6-3-4-7-15(14)12-21-17(18-2)20-10-11-22-16-8-5-9-19-13-16;/h3-9,13H,10-12H2,1-2H3,(H2,18,20,21);1H. The Morgan fingerprint density at radius 1 is 1.17 bits per heavy atom. The van der Waals surface area contributed by atoms with Crippen molar-refractivity contribution in [2.45, 2.75) is 13.5 Å². The number of aliphatic imine (C=N–C) groups is 1. The molecule has 0 radical (unpaired) electrons. The highest BCUT2D eigenvalue weighted by atomic mass is 127. The summed E-state index contributed by atoms with van der Waals surface area (Å²) in [5, 5.41) is 6.52. The predicted octanol–water partition coefficient (Wildman–Crippen LogP) is 2.75. The second-order valence-electron chi connectivity index (χ2n) is 4.82. The molecule has 0 amide bonds. The number of pyridine rings is 1. The van der Waals surface area contributed by atoms with Crippen molar-refractivity contribution >= 4 is 29.9 Å². The first-order valence-electron chi connectivity index (χ1n) is 7.31. The van der Waals surface area contributed by atoms with Gasteiger partial charge in [-0.15, -0.1) is 24.0 Å². The zero-order chi connectivity index (χ0) is 15.6. The highest BCUT2D eigenvalue weighted by molar-refractivity contribution is 14.0. The Morgan fingerprint density at radius 3 is 2.70 bits per heavy atom. The number of guanidine groups is 1. The maximum Gasteiger partial charge on any atom is 0.191 e. The van der Waals surface area contributed by atoms with Crippen LogP contribution in [0.25, 0.3) is 0 Å². The molecule has 0 aliphatic carbocycles. The number of aryl methyl sites for hydroxylation is 1. The monoisotopic (exact) mass is 426 g/mol. The SMILES string of the molecule is CN=C(NCCOc1cccnc1)NCc1ccccc1C.I. The highest BCUT2D eigenvalue weighted by Gasteiger charge is 2.00. The molecular formula is C17H23IN4O. The van der Waals surface area contributed by atoms with Gasteiger partial charge >= 0.3 is 0 Å². The van der Waals surface area contributed by atoms with Gasteiger partial charge in [0, 0.05) is 19.8 Å². The molecule has 5 nitrogen and oxygen atoms in total. The van der Waals surface area contributed by atoms with Crippen molar-refractivity contribution in [1.29, 1.82) is 0 Å². The van der Waals surface area contributed by atoms with E-state index in [0.717, 1.165) is 18.3 Å². The third-order valence-corrected chi connectivity index (χ3v) is 3.23. The van der Waals surface area contributed by atoms with Crippen LogP contribution in [0.1, 0.15) is 11.1 Å². The van der Waals surface area contributed by atoms with Gasteiger partial charge in [-0.25, -0.2) is 0 Å². The number of rotatable bonds is 6. The summed E-state index contributed by atoms with van der Waals surface area (Å²) in [6.07, 6.45) is 3.42. The molecule has 0 aliphatic heterocycles. The minimum atomic E-state index is 0. The fraction of sp³-hybridized carbons (Fsp3) is 0.294. The number of benzene rings is 1. The molecule has 0 saturated heterocycles. The maximum atomic E-state index is 5.58. The molecule has 0 bridgehead atoms. The van der Waals surface area contributed by atoms with Crippen LogP contribution in [-0.4, -0.2) is 31.1 Å². The van der Waals surface area contributed by atoms with Crippen LogP contribution in [0.5, 0.6) is 5.75 Å². The number of ether oxygens (including phenoxy) is 1. The van der Waals surface area contributed by atoms with Crippen molar-refractivity contribution in [3.63, 3.8) is 0 Å². The van der Waals surface area contributed by atoms with Crippen molar-refractivity contribution in [2.24, 2.45) is 4.99 Å². The quantitative estimate of drug-likeness (QED) is 0.323. The summed E-state index contributed by atoms with van der Waals surface area (Å²) in [5.74, 6) is 1.53. The Morgan fingerprint density at radius 2 is 2.00 bits per heavy atom. The molecule has 0 unspecified atom stereocenters. The van der Waals surface area contributed by atoms with Gasteiger partial charge in [-0.3, -0.25) is 9.98 Å². The first-order valence-corrected chi connectivity index (χ1v) is 7.31. The van der Waals surface area contributed by atoms with E-state index in [-0.39, 0.29) is 24.0 Å². The molecule has 0 spiro atoms. The van der Waals surface area contributed by atoms with Gasteiger partial charge in [0.15, 0.2) is 5.96 Å². The van der Waals surface area contributed by atoms with E-state index in [1.807, 2.05) is 24.3 Å². The lowest BCUT2D eigenvalue weighted by Gasteiger charge is -2.13. The zero-order valence-electron chi connectivity index (χ0n) is 13.5. The van der Waals surface area contributed by atoms with Crippen LogP contribution in [0.4, 0.5) is 0 Å². The van der Waals surface area contributed by atoms with Crippen LogP contribution >= 0.6 is 24.0 Å². The molecule has 0 atom stereocenters. The number of halogens is 1. The first kappa shape index (κ1) is 19.2. The topological polar surface area (TPSA) is 58.5 Å². The fourth-order valence-electron chi connectivity index (χ4n) is 1.98. The van der Waals surface area contributed by atoms with E-state index in [0.29, 0.717) is 13.2 Å². The predicted molar refractivity (Wildman–Crippen MR) is 105 cm³/mol. The van der Waals surface area contributed by atoms with Gasteiger partial charge < -0.3 is 15.4 Å². The summed E-state index contributed by atoms with van der Waals surface area (Å²) >= 11 is 0. The Hall–Kier alpha value is -1.83. The molecule has 2 rings (SSSR count). The van der Waals surface area contributed by atoms with Gasteiger partial charge in [-0.2, -0.15) is 0 Å². The first-order chi connectivity index (χ1) is 10.8. The van der Waals surface area contributed by atoms with Gasteiger partial charge in [0.05, 0.1) is 12.7 Å². The summed E-state index contributed by atoms with van der Waals surface area (Å²) in [4.78, 5) is 8.21. The molecule has 6 heteroatoms. The summed E-state index contributed by atoms with van der Waals surface area (Å²) in [6, 6.07) is 12.0. The van der Waals surface area contributed by atoms with Crippen LogP contribution in [0, 0.1) is 6.92 Å². The van der Waals surface area contributed by atoms with E-state index < -0.39 is 0 Å². The second kappa shape index (κ2) is 10.8. The summed E-state index contributed by atoms with van der Waals surface area (Å²) in [7, 11) is 1.76. The van der Waals surface area contributed by atoms with Crippen molar-refractivity contribution in [2.75, 3.05) is 20.2 Å². The molecule has 23 heavy (non-hydrogen) atoms. The van der Waals surface area contributed by atoms with E-state index in [1.165, 1.54) is 11.1 Å². The molecule has 1 heterocycles. The van der Waals surface area contributed by atoms with E-state index in [4.69, 9.17) is 4.74 Å². The zero-order valence-corrected chi connectivity index (χ0v) is 15.8. The van der Waals surface area contributed by atoms with Crippen molar-refractivity contribution in [3.05, 3.63) is 59.9 Å². The van der Waals surface area contributed by atoms with Crippen molar-refractivity contribution in [1.82, 2.24) is 15.6 Å². The summed E-state index contributed by atoms with van der Waals surface area (Å²) in [6.45, 7) is 4.07. The fourth-order valence-corrected chi connectivity index (χ4v) is 1.98. The molecule has 0 saturated carbocycles. The number of nitrogens with zero attached hydrogens (tertiary/aromatic N) is 2. The third kappa shape index (κ3) is 6.85. The van der Waals surface area contributed by atoms with Crippen molar-refractivity contribution < 1.29 is 4.74 Å². The average Bonchev–Trinajstić information content (AvgIpc) is 2.56. The third-order valence-electron chi connectivity index (χ3n) is 3.23. The molecule has 2 N–H and O–H groups in total. The lowest BCUT2D eigenvalue weighted by Crippen LogP contribution is -2.39. The minimum absolute atomic E-state index is 0. The van der Waals surface area contributed by atoms with Crippen LogP contribution in [0.2, 0.25) is 0 Å². The summed E-state index contributed by atoms with van der Waals surface area (Å²) < 4.78 is 5.58. The van der Waals surface area contributed by atoms with Crippen LogP contribution in [-0.2, 0) is 6.54 Å². The smallest absolute Gasteiger partial charge is 0.191 e. The van der Waals surface area contributed by atoms with E-state index in [1.54, 1.807) is 19.4 Å². The van der Waals surface area contributed by atoms with E-state index >= 15 is 0 Å². The van der Waals surface area contributed by atoms with E-state index in [2.05, 4.69) is 39.7 Å². The lowest BCUT2D eigenvalue weighted by atomic mass is 10.1. The number of nitrogens with one attached hydrogen (secondary N) is 2. The highest BCUT2D eigenvalue weighted by Crippen LogP contribution is 2.06. The molecule has 124 valence electrons. The molecular weight excluding hydrogens is 403 g/mol. The minimum Gasteiger partial charge on any atom is -0.490 e. The molecule has 1 aromatic carbocycles. The summed E-state index contributed by atoms with van der Waals surface area (Å²) in [5.41, 5.74) is 2.53. The van der Waals surface area contributed by atoms with Gasteiger partial charge in [-0.05, 0) is 30.2 Å². The lowest BCUT2D eigenvalue weighted by molar-refractivity contribution is 0.320. The van der Waals surface area contributed by atoms with Gasteiger partial charge in [0.2, 0.25) is 0 Å². The van der Waals surface area contributed by atoms with Crippen LogP contribution in [0.15, 0.2) is 53.8 Å². The van der Waals surface area contributed by atoms with Gasteiger partial charge in [-0.1, -0.05) is 24.3 Å². The van der Waals surface area contributed by atoms with Crippen LogP contribution < -0.4 is 15.4 Å². The van der Waals surface area contributed by atoms with E-state index in [9.17, 15) is 0 Å². The van der Waals surface area contributed by atoms with Gasteiger partial charge in [0.25, 0.3) is 0 Å². The normalized spacial score (nSPS) is 10.6. The Balaban J connectivity index is 0.00000264. The number of aromatic nitrogens is 1. The Bertz CT molecular complexity index is 605. The Kier molecular flexibility index (Phi) is 9.04. The Labute approximate surface area is 154 Å². The largest absolute Gasteiger partial charge is 0.490 e. The molecule has 2 aromatic rings. The molecule has 0 aliphatic rings. The van der Waals surface area contributed by atoms with Gasteiger partial charge in [0.1, 0.15) is 12.4 Å². The molecule has 1 aromatic heterocycles.